The molecule has 0 unspecified atom stereocenters. The lowest BCUT2D eigenvalue weighted by Crippen LogP contribution is -2.35. The molecule has 0 aromatic rings. The van der Waals surface area contributed by atoms with Crippen LogP contribution in [-0.4, -0.2) is 107 Å². The van der Waals surface area contributed by atoms with Crippen LogP contribution < -0.4 is 10.6 Å². The van der Waals surface area contributed by atoms with Crippen LogP contribution in [0.1, 0.15) is 12.8 Å². The maximum atomic E-state index is 11.7. The van der Waals surface area contributed by atoms with Gasteiger partial charge in [0.05, 0.1) is 59.4 Å². The summed E-state index contributed by atoms with van der Waals surface area (Å²) in [5, 5.41) is 5.06. The lowest BCUT2D eigenvalue weighted by Gasteiger charge is -2.13. The average Bonchev–Trinajstić information content (AvgIpc) is 3.10. The number of carbonyl (C=O) groups is 5. The highest BCUT2D eigenvalue weighted by atomic mass is 16.6. The Morgan fingerprint density at radius 3 is 1.81 bits per heavy atom. The molecule has 1 aliphatic heterocycles. The number of aldehydes is 1. The van der Waals surface area contributed by atoms with Crippen LogP contribution in [0.4, 0.5) is 0 Å². The Balaban J connectivity index is 1.78. The van der Waals surface area contributed by atoms with Gasteiger partial charge in [-0.1, -0.05) is 0 Å². The first-order valence-electron chi connectivity index (χ1n) is 10.4. The largest absolute Gasteiger partial charge is 0.379 e. The minimum Gasteiger partial charge on any atom is -0.379 e. The topological polar surface area (TPSA) is 150 Å². The standard InChI is InChI=1S/C20H31N3O9/c24-8-5-21-18(26)4-9-29-11-13-31-15-16-32-14-12-30-10-6-22-17(25)3-7-23-19(27)1-2-20(23)28/h1-2,8H,3-7,9-16H2,(H,21,26)(H,22,25). The summed E-state index contributed by atoms with van der Waals surface area (Å²) in [6.45, 7) is 3.26. The zero-order valence-corrected chi connectivity index (χ0v) is 18.0. The summed E-state index contributed by atoms with van der Waals surface area (Å²) in [6, 6.07) is 0. The molecule has 0 spiro atoms. The Labute approximate surface area is 186 Å². The molecule has 0 aromatic carbocycles. The molecule has 0 saturated heterocycles. The van der Waals surface area contributed by atoms with Gasteiger partial charge in [0.25, 0.3) is 11.8 Å². The van der Waals surface area contributed by atoms with E-state index in [9.17, 15) is 24.0 Å². The molecule has 0 atom stereocenters. The summed E-state index contributed by atoms with van der Waals surface area (Å²) in [5.74, 6) is -1.31. The van der Waals surface area contributed by atoms with Crippen molar-refractivity contribution in [2.75, 3.05) is 72.5 Å². The highest BCUT2D eigenvalue weighted by molar-refractivity contribution is 6.13. The molecule has 0 saturated carbocycles. The summed E-state index contributed by atoms with van der Waals surface area (Å²) in [7, 11) is 0. The normalized spacial score (nSPS) is 12.9. The molecule has 180 valence electrons. The van der Waals surface area contributed by atoms with Crippen LogP contribution in [0.15, 0.2) is 12.2 Å². The fourth-order valence-corrected chi connectivity index (χ4v) is 2.39. The Morgan fingerprint density at radius 2 is 1.25 bits per heavy atom. The van der Waals surface area contributed by atoms with Crippen molar-refractivity contribution < 1.29 is 42.9 Å². The van der Waals surface area contributed by atoms with Gasteiger partial charge in [-0.05, 0) is 0 Å². The van der Waals surface area contributed by atoms with Gasteiger partial charge in [0.2, 0.25) is 11.8 Å². The van der Waals surface area contributed by atoms with E-state index in [0.717, 1.165) is 4.90 Å². The van der Waals surface area contributed by atoms with Crippen molar-refractivity contribution >= 4 is 29.9 Å². The molecule has 12 nitrogen and oxygen atoms in total. The van der Waals surface area contributed by atoms with Crippen molar-refractivity contribution in [3.8, 4) is 0 Å². The number of nitrogens with one attached hydrogen (secondary N) is 2. The smallest absolute Gasteiger partial charge is 0.253 e. The third kappa shape index (κ3) is 13.6. The lowest BCUT2D eigenvalue weighted by molar-refractivity contribution is -0.137. The van der Waals surface area contributed by atoms with E-state index in [4.69, 9.17) is 18.9 Å². The van der Waals surface area contributed by atoms with Crippen LogP contribution in [0.25, 0.3) is 0 Å². The molecule has 32 heavy (non-hydrogen) atoms. The number of nitrogens with zero attached hydrogens (tertiary/aromatic N) is 1. The summed E-state index contributed by atoms with van der Waals surface area (Å²) < 4.78 is 21.2. The van der Waals surface area contributed by atoms with Crippen molar-refractivity contribution in [2.45, 2.75) is 12.8 Å². The number of hydrogen-bond acceptors (Lipinski definition) is 9. The summed E-state index contributed by atoms with van der Waals surface area (Å²) in [6.07, 6.45) is 3.22. The molecule has 12 heteroatoms. The Bertz CT molecular complexity index is 622. The second kappa shape index (κ2) is 18.0. The van der Waals surface area contributed by atoms with E-state index in [1.165, 1.54) is 12.2 Å². The highest BCUT2D eigenvalue weighted by Gasteiger charge is 2.23. The number of carbonyl (C=O) groups excluding carboxylic acids is 5. The summed E-state index contributed by atoms with van der Waals surface area (Å²) in [5.41, 5.74) is 0. The average molecular weight is 457 g/mol. The minimum absolute atomic E-state index is 0.00880. The zero-order chi connectivity index (χ0) is 23.4. The van der Waals surface area contributed by atoms with E-state index >= 15 is 0 Å². The molecule has 1 aliphatic rings. The molecule has 0 bridgehead atoms. The van der Waals surface area contributed by atoms with Crippen molar-refractivity contribution in [3.05, 3.63) is 12.2 Å². The number of ether oxygens (including phenoxy) is 4. The maximum Gasteiger partial charge on any atom is 0.253 e. The van der Waals surface area contributed by atoms with Crippen molar-refractivity contribution in [1.82, 2.24) is 15.5 Å². The lowest BCUT2D eigenvalue weighted by atomic mass is 10.3. The van der Waals surface area contributed by atoms with E-state index in [2.05, 4.69) is 10.6 Å². The number of amides is 4. The molecule has 2 N–H and O–H groups in total. The van der Waals surface area contributed by atoms with Gasteiger partial charge in [-0.3, -0.25) is 24.1 Å². The fourth-order valence-electron chi connectivity index (χ4n) is 2.39. The Kier molecular flexibility index (Phi) is 15.4. The van der Waals surface area contributed by atoms with Crippen molar-refractivity contribution in [1.29, 1.82) is 0 Å². The number of imide groups is 1. The molecule has 0 aliphatic carbocycles. The highest BCUT2D eigenvalue weighted by Crippen LogP contribution is 2.03. The van der Waals surface area contributed by atoms with E-state index in [1.807, 2.05) is 0 Å². The van der Waals surface area contributed by atoms with Gasteiger partial charge in [-0.15, -0.1) is 0 Å². The van der Waals surface area contributed by atoms with Gasteiger partial charge in [-0.25, -0.2) is 0 Å². The predicted octanol–water partition coefficient (Wildman–Crippen LogP) is -1.81. The van der Waals surface area contributed by atoms with Crippen LogP contribution in [0.5, 0.6) is 0 Å². The molecule has 1 heterocycles. The van der Waals surface area contributed by atoms with E-state index in [-0.39, 0.29) is 44.4 Å². The first-order valence-corrected chi connectivity index (χ1v) is 10.4. The molecule has 0 aromatic heterocycles. The zero-order valence-electron chi connectivity index (χ0n) is 18.0. The van der Waals surface area contributed by atoms with E-state index in [0.29, 0.717) is 59.1 Å². The minimum atomic E-state index is -0.404. The Hall–Kier alpha value is -2.67. The third-order valence-corrected chi connectivity index (χ3v) is 4.00. The summed E-state index contributed by atoms with van der Waals surface area (Å²) in [4.78, 5) is 56.7. The van der Waals surface area contributed by atoms with Crippen LogP contribution in [0.2, 0.25) is 0 Å². The number of hydrogen-bond donors (Lipinski definition) is 2. The summed E-state index contributed by atoms with van der Waals surface area (Å²) >= 11 is 0. The first kappa shape index (κ1) is 27.4. The van der Waals surface area contributed by atoms with Gasteiger partial charge in [0, 0.05) is 38.1 Å². The first-order chi connectivity index (χ1) is 15.5. The SMILES string of the molecule is O=CCNC(=O)CCOCCOCCOCCOCCNC(=O)CCN1C(=O)C=CC1=O. The molecule has 4 amide bonds. The third-order valence-electron chi connectivity index (χ3n) is 4.00. The second-order valence-electron chi connectivity index (χ2n) is 6.43. The van der Waals surface area contributed by atoms with E-state index in [1.54, 1.807) is 0 Å². The van der Waals surface area contributed by atoms with Crippen molar-refractivity contribution in [3.63, 3.8) is 0 Å². The quantitative estimate of drug-likeness (QED) is 0.122. The van der Waals surface area contributed by atoms with Crippen LogP contribution in [0.3, 0.4) is 0 Å². The van der Waals surface area contributed by atoms with Gasteiger partial charge in [0.1, 0.15) is 6.29 Å². The van der Waals surface area contributed by atoms with Crippen molar-refractivity contribution in [2.24, 2.45) is 0 Å². The fraction of sp³-hybridized carbons (Fsp3) is 0.650. The van der Waals surface area contributed by atoms with Gasteiger partial charge >= 0.3 is 0 Å². The maximum absolute atomic E-state index is 11.7. The Morgan fingerprint density at radius 1 is 0.750 bits per heavy atom. The van der Waals surface area contributed by atoms with E-state index < -0.39 is 11.8 Å². The van der Waals surface area contributed by atoms with Crippen LogP contribution >= 0.6 is 0 Å². The van der Waals surface area contributed by atoms with Gasteiger partial charge in [0.15, 0.2) is 0 Å². The monoisotopic (exact) mass is 457 g/mol. The van der Waals surface area contributed by atoms with Crippen LogP contribution in [0, 0.1) is 0 Å². The molecule has 1 rings (SSSR count). The molecule has 0 radical (unpaired) electrons. The second-order valence-corrected chi connectivity index (χ2v) is 6.43. The number of rotatable bonds is 20. The molecular weight excluding hydrogens is 426 g/mol. The van der Waals surface area contributed by atoms with Gasteiger partial charge in [-0.2, -0.15) is 0 Å². The predicted molar refractivity (Wildman–Crippen MR) is 110 cm³/mol. The van der Waals surface area contributed by atoms with Gasteiger partial charge < -0.3 is 34.4 Å². The van der Waals surface area contributed by atoms with Crippen LogP contribution in [-0.2, 0) is 42.9 Å². The molecule has 0 fully saturated rings. The molecular formula is C20H31N3O9.